The maximum absolute atomic E-state index is 16.4. The molecule has 3 N–H and O–H groups in total. The normalized spacial score (nSPS) is 18.7. The van der Waals surface area contributed by atoms with E-state index >= 15 is 4.39 Å². The first-order valence-corrected chi connectivity index (χ1v) is 12.8. The van der Waals surface area contributed by atoms with Crippen molar-refractivity contribution in [1.82, 2.24) is 29.8 Å². The lowest BCUT2D eigenvalue weighted by molar-refractivity contribution is -0.137. The zero-order valence-electron chi connectivity index (χ0n) is 22.0. The van der Waals surface area contributed by atoms with Crippen molar-refractivity contribution in [3.8, 4) is 23.1 Å². The highest BCUT2D eigenvalue weighted by atomic mass is 19.4. The van der Waals surface area contributed by atoms with Gasteiger partial charge in [-0.25, -0.2) is 18.7 Å². The van der Waals surface area contributed by atoms with Crippen LogP contribution in [0.25, 0.3) is 22.2 Å². The molecule has 1 aromatic carbocycles. The van der Waals surface area contributed by atoms with Crippen LogP contribution in [0.2, 0.25) is 0 Å². The van der Waals surface area contributed by atoms with E-state index in [2.05, 4.69) is 25.3 Å². The minimum atomic E-state index is -5.04. The van der Waals surface area contributed by atoms with Gasteiger partial charge in [0.1, 0.15) is 40.9 Å². The molecule has 41 heavy (non-hydrogen) atoms. The van der Waals surface area contributed by atoms with E-state index in [1.807, 2.05) is 4.90 Å². The number of benzene rings is 1. The number of nitrogens with zero attached hydrogens (tertiary/aromatic N) is 6. The molecule has 0 spiro atoms. The van der Waals surface area contributed by atoms with Crippen molar-refractivity contribution in [3.05, 3.63) is 47.5 Å². The molecule has 5 heterocycles. The van der Waals surface area contributed by atoms with E-state index in [-0.39, 0.29) is 35.4 Å². The Morgan fingerprint density at radius 1 is 1.20 bits per heavy atom. The number of hydrogen-bond donors (Lipinski definition) is 2. The summed E-state index contributed by atoms with van der Waals surface area (Å²) in [5.74, 6) is -2.27. The SMILES string of the molecule is Cc1c(F)c(N)cc(-c2nc3c4c(nc(OCCn5ccnc5)nc4c2F)N2CCNC[C@H]2[C@H](C)O3)c1C(F)(F)F. The van der Waals surface area contributed by atoms with Crippen LogP contribution in [0.1, 0.15) is 18.1 Å². The first-order chi connectivity index (χ1) is 19.5. The van der Waals surface area contributed by atoms with Crippen LogP contribution in [0, 0.1) is 18.6 Å². The summed E-state index contributed by atoms with van der Waals surface area (Å²) in [4.78, 5) is 19.0. The number of nitrogens with two attached hydrogens (primary N) is 1. The molecule has 2 atom stereocenters. The van der Waals surface area contributed by atoms with E-state index in [1.54, 1.807) is 30.2 Å². The number of fused-ring (bicyclic) bond motifs is 2. The van der Waals surface area contributed by atoms with Crippen molar-refractivity contribution < 1.29 is 31.4 Å². The smallest absolute Gasteiger partial charge is 0.417 e. The second kappa shape index (κ2) is 9.98. The number of piperazine rings is 1. The van der Waals surface area contributed by atoms with Crippen LogP contribution in [0.4, 0.5) is 33.5 Å². The van der Waals surface area contributed by atoms with E-state index in [1.165, 1.54) is 0 Å². The van der Waals surface area contributed by atoms with Crippen LogP contribution in [0.3, 0.4) is 0 Å². The molecule has 0 aliphatic carbocycles. The molecular weight excluding hydrogens is 551 g/mol. The molecule has 1 saturated heterocycles. The first-order valence-electron chi connectivity index (χ1n) is 12.8. The van der Waals surface area contributed by atoms with Crippen LogP contribution in [0.15, 0.2) is 24.8 Å². The summed E-state index contributed by atoms with van der Waals surface area (Å²) in [5, 5.41) is 3.38. The number of ether oxygens (including phenoxy) is 2. The minimum absolute atomic E-state index is 0.102. The lowest BCUT2D eigenvalue weighted by Gasteiger charge is -2.38. The van der Waals surface area contributed by atoms with Crippen LogP contribution < -0.4 is 25.4 Å². The van der Waals surface area contributed by atoms with Crippen LogP contribution in [-0.4, -0.2) is 62.9 Å². The number of pyridine rings is 1. The number of nitrogen functional groups attached to an aromatic ring is 1. The molecule has 0 radical (unpaired) electrons. The number of aromatic nitrogens is 5. The minimum Gasteiger partial charge on any atom is -0.472 e. The second-order valence-electron chi connectivity index (χ2n) is 9.89. The Bertz CT molecular complexity index is 1630. The number of alkyl halides is 3. The van der Waals surface area contributed by atoms with E-state index in [0.29, 0.717) is 32.0 Å². The van der Waals surface area contributed by atoms with Crippen molar-refractivity contribution in [2.24, 2.45) is 0 Å². The van der Waals surface area contributed by atoms with E-state index in [0.717, 1.165) is 13.0 Å². The number of nitrogens with one attached hydrogen (secondary N) is 1. The Balaban J connectivity index is 1.58. The average molecular weight is 577 g/mol. The van der Waals surface area contributed by atoms with Crippen molar-refractivity contribution in [2.75, 3.05) is 36.9 Å². The van der Waals surface area contributed by atoms with Gasteiger partial charge < -0.3 is 30.0 Å². The molecule has 0 amide bonds. The van der Waals surface area contributed by atoms with Gasteiger partial charge in [-0.3, -0.25) is 0 Å². The third kappa shape index (κ3) is 4.63. The van der Waals surface area contributed by atoms with Gasteiger partial charge in [0, 0.05) is 37.6 Å². The Morgan fingerprint density at radius 2 is 2.00 bits per heavy atom. The Morgan fingerprint density at radius 3 is 2.73 bits per heavy atom. The molecule has 3 aromatic heterocycles. The first kappa shape index (κ1) is 26.9. The lowest BCUT2D eigenvalue weighted by Crippen LogP contribution is -2.56. The summed E-state index contributed by atoms with van der Waals surface area (Å²) in [7, 11) is 0. The molecule has 4 aromatic rings. The van der Waals surface area contributed by atoms with Crippen LogP contribution in [0.5, 0.6) is 11.9 Å². The largest absolute Gasteiger partial charge is 0.472 e. The number of halogens is 5. The van der Waals surface area contributed by atoms with Gasteiger partial charge in [-0.05, 0) is 25.5 Å². The number of hydrogen-bond acceptors (Lipinski definition) is 9. The van der Waals surface area contributed by atoms with Gasteiger partial charge >= 0.3 is 12.2 Å². The monoisotopic (exact) mass is 576 g/mol. The Labute approximate surface area is 230 Å². The Kier molecular flexibility index (Phi) is 6.55. The highest BCUT2D eigenvalue weighted by Gasteiger charge is 2.41. The third-order valence-corrected chi connectivity index (χ3v) is 7.31. The molecule has 0 saturated carbocycles. The zero-order valence-corrected chi connectivity index (χ0v) is 22.0. The van der Waals surface area contributed by atoms with Crippen molar-refractivity contribution in [1.29, 1.82) is 0 Å². The fourth-order valence-electron chi connectivity index (χ4n) is 5.33. The second-order valence-corrected chi connectivity index (χ2v) is 9.89. The summed E-state index contributed by atoms with van der Waals surface area (Å²) >= 11 is 0. The highest BCUT2D eigenvalue weighted by Crippen LogP contribution is 2.46. The summed E-state index contributed by atoms with van der Waals surface area (Å²) in [6.45, 7) is 4.83. The van der Waals surface area contributed by atoms with Crippen LogP contribution in [-0.2, 0) is 12.7 Å². The van der Waals surface area contributed by atoms with Crippen molar-refractivity contribution in [2.45, 2.75) is 38.7 Å². The van der Waals surface area contributed by atoms with Gasteiger partial charge in [0.2, 0.25) is 5.88 Å². The standard InChI is InChI=1S/C26H25F5N8O2/c1-12-18(26(29,30)31)14(9-15(32)19(12)27)21-20(28)22-17-23(37-25(36-22)40-8-7-38-5-3-34-11-38)39-6-4-33-10-16(39)13(2)41-24(17)35-21/h3,5,9,11,13,16,33H,4,6-8,10,32H2,1-2H3/t13-,16-/m0/s1. The quantitative estimate of drug-likeness (QED) is 0.271. The summed E-state index contributed by atoms with van der Waals surface area (Å²) in [6, 6.07) is 0.302. The van der Waals surface area contributed by atoms with Crippen molar-refractivity contribution >= 4 is 22.4 Å². The molecule has 0 unspecified atom stereocenters. The van der Waals surface area contributed by atoms with Gasteiger partial charge in [-0.2, -0.15) is 23.1 Å². The predicted molar refractivity (Wildman–Crippen MR) is 139 cm³/mol. The summed E-state index contributed by atoms with van der Waals surface area (Å²) in [5.41, 5.74) is 1.15. The molecule has 10 nitrogen and oxygen atoms in total. The number of anilines is 2. The summed E-state index contributed by atoms with van der Waals surface area (Å²) < 4.78 is 87.2. The van der Waals surface area contributed by atoms with Gasteiger partial charge in [-0.15, -0.1) is 0 Å². The van der Waals surface area contributed by atoms with Gasteiger partial charge in [0.15, 0.2) is 5.82 Å². The molecule has 15 heteroatoms. The molecule has 216 valence electrons. The fourth-order valence-corrected chi connectivity index (χ4v) is 5.33. The predicted octanol–water partition coefficient (Wildman–Crippen LogP) is 3.71. The molecule has 0 bridgehead atoms. The maximum atomic E-state index is 16.4. The molecule has 6 rings (SSSR count). The van der Waals surface area contributed by atoms with Gasteiger partial charge in [-0.1, -0.05) is 0 Å². The van der Waals surface area contributed by atoms with Crippen LogP contribution >= 0.6 is 0 Å². The average Bonchev–Trinajstić information content (AvgIpc) is 3.41. The maximum Gasteiger partial charge on any atom is 0.417 e. The van der Waals surface area contributed by atoms with Gasteiger partial charge in [0.05, 0.1) is 30.2 Å². The Hall–Kier alpha value is -4.27. The van der Waals surface area contributed by atoms with Crippen molar-refractivity contribution in [3.63, 3.8) is 0 Å². The van der Waals surface area contributed by atoms with E-state index in [9.17, 15) is 17.6 Å². The molecule has 2 aliphatic heterocycles. The number of rotatable bonds is 5. The fraction of sp³-hybridized carbons (Fsp3) is 0.385. The molecule has 2 aliphatic rings. The zero-order chi connectivity index (χ0) is 29.1. The topological polar surface area (TPSA) is 116 Å². The van der Waals surface area contributed by atoms with Gasteiger partial charge in [0.25, 0.3) is 0 Å². The third-order valence-electron chi connectivity index (χ3n) is 7.31. The van der Waals surface area contributed by atoms with E-state index in [4.69, 9.17) is 15.2 Å². The van der Waals surface area contributed by atoms with E-state index < -0.39 is 52.0 Å². The number of imidazole rings is 1. The molecular formula is C26H25F5N8O2. The highest BCUT2D eigenvalue weighted by molar-refractivity contribution is 5.97. The summed E-state index contributed by atoms with van der Waals surface area (Å²) in [6.07, 6.45) is -0.610. The lowest BCUT2D eigenvalue weighted by atomic mass is 9.96. The molecule has 1 fully saturated rings.